The van der Waals surface area contributed by atoms with E-state index in [1.165, 1.54) is 0 Å². The van der Waals surface area contributed by atoms with E-state index in [-0.39, 0.29) is 6.03 Å². The molecule has 0 unspecified atom stereocenters. The first kappa shape index (κ1) is 17.5. The second-order valence-corrected chi connectivity index (χ2v) is 6.12. The highest BCUT2D eigenvalue weighted by Crippen LogP contribution is 2.22. The van der Waals surface area contributed by atoms with Gasteiger partial charge in [0.25, 0.3) is 0 Å². The van der Waals surface area contributed by atoms with Crippen molar-refractivity contribution in [2.24, 2.45) is 0 Å². The summed E-state index contributed by atoms with van der Waals surface area (Å²) in [6.45, 7) is 0.455. The van der Waals surface area contributed by atoms with E-state index in [0.717, 1.165) is 17.2 Å². The molecular formula is C21H19N5O2. The smallest absolute Gasteiger partial charge is 0.319 e. The Bertz CT molecular complexity index is 1060. The Labute approximate surface area is 162 Å². The van der Waals surface area contributed by atoms with Crippen molar-refractivity contribution in [3.63, 3.8) is 0 Å². The van der Waals surface area contributed by atoms with Gasteiger partial charge in [-0.3, -0.25) is 4.40 Å². The molecule has 0 saturated carbocycles. The van der Waals surface area contributed by atoms with E-state index in [9.17, 15) is 4.79 Å². The topological polar surface area (TPSA) is 80.6 Å². The fourth-order valence-electron chi connectivity index (χ4n) is 2.76. The molecule has 140 valence electrons. The lowest BCUT2D eigenvalue weighted by Crippen LogP contribution is -2.30. The van der Waals surface area contributed by atoms with Crippen molar-refractivity contribution in [1.29, 1.82) is 0 Å². The van der Waals surface area contributed by atoms with E-state index in [1.54, 1.807) is 12.1 Å². The van der Waals surface area contributed by atoms with Crippen LogP contribution in [0.25, 0.3) is 5.65 Å². The standard InChI is InChI=1S/C21H19N5O2/c27-21(22-14-13-20-25-24-19-8-4-5-15-26(19)20)23-16-9-11-18(12-10-16)28-17-6-2-1-3-7-17/h1-12,15H,13-14H2,(H2,22,23,27). The molecule has 0 saturated heterocycles. The SMILES string of the molecule is O=C(NCCc1nnc2ccccn12)Nc1ccc(Oc2ccccc2)cc1. The van der Waals surface area contributed by atoms with Crippen LogP contribution in [0.15, 0.2) is 79.0 Å². The first-order valence-electron chi connectivity index (χ1n) is 8.94. The summed E-state index contributed by atoms with van der Waals surface area (Å²) in [5, 5.41) is 13.9. The van der Waals surface area contributed by atoms with E-state index in [4.69, 9.17) is 4.74 Å². The third-order valence-electron chi connectivity index (χ3n) is 4.11. The number of rotatable bonds is 6. The van der Waals surface area contributed by atoms with Crippen molar-refractivity contribution in [3.8, 4) is 11.5 Å². The van der Waals surface area contributed by atoms with Crippen LogP contribution in [-0.4, -0.2) is 27.2 Å². The number of benzene rings is 2. The lowest BCUT2D eigenvalue weighted by molar-refractivity contribution is 0.252. The van der Waals surface area contributed by atoms with Gasteiger partial charge in [-0.1, -0.05) is 24.3 Å². The fraction of sp³-hybridized carbons (Fsp3) is 0.0952. The maximum atomic E-state index is 12.1. The number of anilines is 1. The predicted molar refractivity (Wildman–Crippen MR) is 107 cm³/mol. The number of pyridine rings is 1. The van der Waals surface area contributed by atoms with Gasteiger partial charge >= 0.3 is 6.03 Å². The van der Waals surface area contributed by atoms with Crippen molar-refractivity contribution >= 4 is 17.4 Å². The van der Waals surface area contributed by atoms with Gasteiger partial charge in [0.1, 0.15) is 17.3 Å². The molecule has 4 aromatic rings. The first-order valence-corrected chi connectivity index (χ1v) is 8.94. The van der Waals surface area contributed by atoms with Gasteiger partial charge in [-0.05, 0) is 48.5 Å². The number of para-hydroxylation sites is 1. The number of hydrogen-bond donors (Lipinski definition) is 2. The highest BCUT2D eigenvalue weighted by atomic mass is 16.5. The number of carbonyl (C=O) groups excluding carboxylic acids is 1. The number of ether oxygens (including phenoxy) is 1. The maximum Gasteiger partial charge on any atom is 0.319 e. The molecule has 4 rings (SSSR count). The van der Waals surface area contributed by atoms with Crippen LogP contribution in [0.3, 0.4) is 0 Å². The molecule has 2 aromatic carbocycles. The molecule has 0 fully saturated rings. The Hall–Kier alpha value is -3.87. The molecule has 0 aliphatic rings. The van der Waals surface area contributed by atoms with E-state index in [1.807, 2.05) is 71.3 Å². The van der Waals surface area contributed by atoms with Gasteiger partial charge in [-0.15, -0.1) is 10.2 Å². The molecular weight excluding hydrogens is 354 g/mol. The summed E-state index contributed by atoms with van der Waals surface area (Å²) in [6, 6.07) is 22.2. The van der Waals surface area contributed by atoms with Crippen LogP contribution in [0.1, 0.15) is 5.82 Å². The molecule has 7 heteroatoms. The minimum atomic E-state index is -0.273. The second-order valence-electron chi connectivity index (χ2n) is 6.12. The van der Waals surface area contributed by atoms with Crippen molar-refractivity contribution < 1.29 is 9.53 Å². The molecule has 2 N–H and O–H groups in total. The van der Waals surface area contributed by atoms with Crippen molar-refractivity contribution in [1.82, 2.24) is 19.9 Å². The Morgan fingerprint density at radius 3 is 2.46 bits per heavy atom. The summed E-state index contributed by atoms with van der Waals surface area (Å²) in [7, 11) is 0. The van der Waals surface area contributed by atoms with Crippen LogP contribution in [0.2, 0.25) is 0 Å². The molecule has 2 amide bonds. The van der Waals surface area contributed by atoms with Crippen molar-refractivity contribution in [3.05, 3.63) is 84.8 Å². The fourth-order valence-corrected chi connectivity index (χ4v) is 2.76. The van der Waals surface area contributed by atoms with Crippen LogP contribution in [0.4, 0.5) is 10.5 Å². The third kappa shape index (κ3) is 4.27. The molecule has 28 heavy (non-hydrogen) atoms. The monoisotopic (exact) mass is 373 g/mol. The van der Waals surface area contributed by atoms with Crippen LogP contribution in [-0.2, 0) is 6.42 Å². The lowest BCUT2D eigenvalue weighted by atomic mass is 10.3. The Morgan fingerprint density at radius 1 is 0.893 bits per heavy atom. The average molecular weight is 373 g/mol. The number of nitrogens with zero attached hydrogens (tertiary/aromatic N) is 3. The predicted octanol–water partition coefficient (Wildman–Crippen LogP) is 3.89. The summed E-state index contributed by atoms with van der Waals surface area (Å²) >= 11 is 0. The van der Waals surface area contributed by atoms with E-state index in [2.05, 4.69) is 20.8 Å². The van der Waals surface area contributed by atoms with E-state index >= 15 is 0 Å². The number of hydrogen-bond acceptors (Lipinski definition) is 4. The molecule has 0 atom stereocenters. The molecule has 2 heterocycles. The summed E-state index contributed by atoms with van der Waals surface area (Å²) < 4.78 is 7.64. The molecule has 0 bridgehead atoms. The van der Waals surface area contributed by atoms with Gasteiger partial charge in [-0.25, -0.2) is 4.79 Å². The highest BCUT2D eigenvalue weighted by Gasteiger charge is 2.06. The second kappa shape index (κ2) is 8.22. The van der Waals surface area contributed by atoms with Crippen LogP contribution < -0.4 is 15.4 Å². The van der Waals surface area contributed by atoms with Gasteiger partial charge in [-0.2, -0.15) is 0 Å². The number of carbonyl (C=O) groups is 1. The van der Waals surface area contributed by atoms with Crippen LogP contribution >= 0.6 is 0 Å². The molecule has 7 nitrogen and oxygen atoms in total. The molecule has 0 radical (unpaired) electrons. The first-order chi connectivity index (χ1) is 13.8. The molecule has 0 spiro atoms. The third-order valence-corrected chi connectivity index (χ3v) is 4.11. The van der Waals surface area contributed by atoms with Gasteiger partial charge in [0, 0.05) is 24.8 Å². The van der Waals surface area contributed by atoms with Gasteiger partial charge in [0.15, 0.2) is 5.65 Å². The molecule has 0 aliphatic heterocycles. The zero-order valence-corrected chi connectivity index (χ0v) is 15.1. The van der Waals surface area contributed by atoms with Gasteiger partial charge in [0.05, 0.1) is 0 Å². The maximum absolute atomic E-state index is 12.1. The van der Waals surface area contributed by atoms with Gasteiger partial charge in [0.2, 0.25) is 0 Å². The van der Waals surface area contributed by atoms with Gasteiger partial charge < -0.3 is 15.4 Å². The number of aromatic nitrogens is 3. The Morgan fingerprint density at radius 2 is 1.64 bits per heavy atom. The average Bonchev–Trinajstić information content (AvgIpc) is 3.14. The van der Waals surface area contributed by atoms with Crippen LogP contribution in [0.5, 0.6) is 11.5 Å². The Kier molecular flexibility index (Phi) is 5.15. The van der Waals surface area contributed by atoms with Crippen molar-refractivity contribution in [2.45, 2.75) is 6.42 Å². The zero-order valence-electron chi connectivity index (χ0n) is 15.1. The van der Waals surface area contributed by atoms with Crippen molar-refractivity contribution in [2.75, 3.05) is 11.9 Å². The molecule has 2 aromatic heterocycles. The van der Waals surface area contributed by atoms with E-state index in [0.29, 0.717) is 24.4 Å². The highest BCUT2D eigenvalue weighted by molar-refractivity contribution is 5.89. The number of amides is 2. The summed E-state index contributed by atoms with van der Waals surface area (Å²) in [4.78, 5) is 12.1. The number of fused-ring (bicyclic) bond motifs is 1. The normalized spacial score (nSPS) is 10.6. The summed E-state index contributed by atoms with van der Waals surface area (Å²) in [6.07, 6.45) is 2.49. The molecule has 0 aliphatic carbocycles. The number of urea groups is 1. The summed E-state index contributed by atoms with van der Waals surface area (Å²) in [5.74, 6) is 2.27. The van der Waals surface area contributed by atoms with Crippen LogP contribution in [0, 0.1) is 0 Å². The largest absolute Gasteiger partial charge is 0.457 e. The quantitative estimate of drug-likeness (QED) is 0.537. The number of nitrogens with one attached hydrogen (secondary N) is 2. The minimum Gasteiger partial charge on any atom is -0.457 e. The zero-order chi connectivity index (χ0) is 19.2. The lowest BCUT2D eigenvalue weighted by Gasteiger charge is -2.09. The summed E-state index contributed by atoms with van der Waals surface area (Å²) in [5.41, 5.74) is 1.48. The Balaban J connectivity index is 1.26. The minimum absolute atomic E-state index is 0.273. The van der Waals surface area contributed by atoms with E-state index < -0.39 is 0 Å².